The Hall–Kier alpha value is -1.08. The standard InChI is InChI=1S/C24H40BO2P/c1-6-9-17-28(18-10-7-2,19-11-8-3)25-23(24(26)27-5)20-21(4)22-15-13-12-14-16-22/h12-16,20,23H,6-11,17-19H2,1-5H3/b21-20+. The third kappa shape index (κ3) is 8.52. The predicted octanol–water partition coefficient (Wildman–Crippen LogP) is 7.09. The number of unbranched alkanes of at least 4 members (excludes halogenated alkanes) is 3. The number of esters is 1. The minimum atomic E-state index is -1.29. The molecule has 0 saturated heterocycles. The van der Waals surface area contributed by atoms with Crippen molar-refractivity contribution in [3.05, 3.63) is 42.0 Å². The molecule has 4 heteroatoms. The van der Waals surface area contributed by atoms with Crippen molar-refractivity contribution in [3.8, 4) is 0 Å². The van der Waals surface area contributed by atoms with E-state index in [-0.39, 0.29) is 11.8 Å². The first kappa shape index (κ1) is 25.0. The Morgan fingerprint density at radius 3 is 1.93 bits per heavy atom. The molecule has 1 rings (SSSR count). The minimum Gasteiger partial charge on any atom is -0.471 e. The van der Waals surface area contributed by atoms with Gasteiger partial charge in [-0.15, -0.1) is 6.08 Å². The Morgan fingerprint density at radius 1 is 1.00 bits per heavy atom. The summed E-state index contributed by atoms with van der Waals surface area (Å²) in [5.74, 6) is -0.367. The molecule has 0 amide bonds. The van der Waals surface area contributed by atoms with Gasteiger partial charge in [-0.1, -0.05) is 88.8 Å². The van der Waals surface area contributed by atoms with Gasteiger partial charge in [-0.05, 0) is 31.7 Å². The van der Waals surface area contributed by atoms with Gasteiger partial charge in [0, 0.05) is 18.5 Å². The summed E-state index contributed by atoms with van der Waals surface area (Å²) in [6.07, 6.45) is 13.4. The first-order valence-electron chi connectivity index (χ1n) is 11.0. The van der Waals surface area contributed by atoms with E-state index in [1.807, 2.05) is 18.2 Å². The highest BCUT2D eigenvalue weighted by molar-refractivity contribution is 8.00. The summed E-state index contributed by atoms with van der Waals surface area (Å²) in [6, 6.07) is 10.3. The van der Waals surface area contributed by atoms with E-state index in [2.05, 4.69) is 52.9 Å². The van der Waals surface area contributed by atoms with Gasteiger partial charge in [-0.3, -0.25) is 4.79 Å². The smallest absolute Gasteiger partial charge is 0.274 e. The summed E-state index contributed by atoms with van der Waals surface area (Å²) < 4.78 is 5.21. The Kier molecular flexibility index (Phi) is 12.5. The molecule has 0 N–H and O–H groups in total. The Labute approximate surface area is 175 Å². The normalized spacial score (nSPS) is 13.4. The van der Waals surface area contributed by atoms with E-state index in [9.17, 15) is 4.79 Å². The molecule has 0 aromatic heterocycles. The van der Waals surface area contributed by atoms with E-state index in [4.69, 9.17) is 4.74 Å². The maximum atomic E-state index is 12.7. The van der Waals surface area contributed by atoms with Crippen LogP contribution >= 0.6 is 7.14 Å². The van der Waals surface area contributed by atoms with Gasteiger partial charge in [0.15, 0.2) is 0 Å². The van der Waals surface area contributed by atoms with E-state index >= 15 is 0 Å². The number of carbonyl (C=O) groups excluding carboxylic acids is 1. The number of carbonyl (C=O) groups is 1. The molecule has 0 aliphatic heterocycles. The first-order chi connectivity index (χ1) is 13.5. The van der Waals surface area contributed by atoms with Crippen LogP contribution in [0.1, 0.15) is 71.8 Å². The van der Waals surface area contributed by atoms with Crippen LogP contribution in [0.4, 0.5) is 0 Å². The van der Waals surface area contributed by atoms with Crippen LogP contribution in [0.3, 0.4) is 0 Å². The van der Waals surface area contributed by atoms with Crippen molar-refractivity contribution in [3.63, 3.8) is 0 Å². The van der Waals surface area contributed by atoms with E-state index in [1.54, 1.807) is 0 Å². The number of ether oxygens (including phenoxy) is 1. The summed E-state index contributed by atoms with van der Waals surface area (Å²) in [7, 11) is 0.226. The third-order valence-corrected chi connectivity index (χ3v) is 10.1. The molecule has 0 fully saturated rings. The Bertz CT molecular complexity index is 564. The van der Waals surface area contributed by atoms with Crippen LogP contribution < -0.4 is 0 Å². The van der Waals surface area contributed by atoms with Crippen LogP contribution in [0.2, 0.25) is 5.82 Å². The molecule has 1 atom stereocenters. The number of benzene rings is 1. The van der Waals surface area contributed by atoms with Crippen molar-refractivity contribution in [1.82, 2.24) is 0 Å². The molecule has 156 valence electrons. The van der Waals surface area contributed by atoms with Crippen molar-refractivity contribution < 1.29 is 9.53 Å². The predicted molar refractivity (Wildman–Crippen MR) is 128 cm³/mol. The first-order valence-corrected chi connectivity index (χ1v) is 13.5. The van der Waals surface area contributed by atoms with Crippen LogP contribution in [0.5, 0.6) is 0 Å². The molecule has 0 bridgehead atoms. The Balaban J connectivity index is 3.17. The van der Waals surface area contributed by atoms with Crippen molar-refractivity contribution in [1.29, 1.82) is 0 Å². The fraction of sp³-hybridized carbons (Fsp3) is 0.625. The summed E-state index contributed by atoms with van der Waals surface area (Å²) in [5.41, 5.74) is 2.32. The SMILES string of the molecule is CCCC[P+]([B-]C(/C=C(\C)c1ccccc1)C(=O)OC)(CCCC)CCCC. The molecule has 0 aliphatic carbocycles. The van der Waals surface area contributed by atoms with Crippen LogP contribution in [0, 0.1) is 0 Å². The van der Waals surface area contributed by atoms with Gasteiger partial charge in [0.1, 0.15) is 0 Å². The van der Waals surface area contributed by atoms with Crippen molar-refractivity contribution in [2.24, 2.45) is 0 Å². The zero-order valence-corrected chi connectivity index (χ0v) is 19.6. The van der Waals surface area contributed by atoms with Crippen LogP contribution in [0.25, 0.3) is 5.57 Å². The van der Waals surface area contributed by atoms with Gasteiger partial charge in [-0.25, -0.2) is 7.14 Å². The summed E-state index contributed by atoms with van der Waals surface area (Å²) in [6.45, 7) is 11.4. The third-order valence-electron chi connectivity index (χ3n) is 5.48. The average molecular weight is 402 g/mol. The van der Waals surface area contributed by atoms with Gasteiger partial charge in [0.2, 0.25) is 0 Å². The maximum Gasteiger partial charge on any atom is 0.274 e. The monoisotopic (exact) mass is 402 g/mol. The van der Waals surface area contributed by atoms with Crippen molar-refractivity contribution >= 4 is 25.7 Å². The lowest BCUT2D eigenvalue weighted by atomic mass is 9.83. The lowest BCUT2D eigenvalue weighted by Crippen LogP contribution is -2.23. The van der Waals surface area contributed by atoms with Gasteiger partial charge >= 0.3 is 0 Å². The summed E-state index contributed by atoms with van der Waals surface area (Å²) in [4.78, 5) is 12.7. The van der Waals surface area contributed by atoms with Crippen molar-refractivity contribution in [2.75, 3.05) is 25.6 Å². The zero-order chi connectivity index (χ0) is 20.8. The molecule has 0 saturated carbocycles. The number of hydrogen-bond acceptors (Lipinski definition) is 2. The molecule has 2 radical (unpaired) electrons. The molecule has 1 aromatic rings. The molecule has 0 spiro atoms. The van der Waals surface area contributed by atoms with Gasteiger partial charge in [-0.2, -0.15) is 0 Å². The molecule has 28 heavy (non-hydrogen) atoms. The molecule has 0 heterocycles. The topological polar surface area (TPSA) is 26.3 Å². The lowest BCUT2D eigenvalue weighted by Gasteiger charge is -2.42. The summed E-state index contributed by atoms with van der Waals surface area (Å²) >= 11 is 0. The van der Waals surface area contributed by atoms with Crippen LogP contribution in [-0.2, 0) is 9.53 Å². The average Bonchev–Trinajstić information content (AvgIpc) is 2.74. The highest BCUT2D eigenvalue weighted by Gasteiger charge is 2.28. The van der Waals surface area contributed by atoms with E-state index < -0.39 is 7.14 Å². The van der Waals surface area contributed by atoms with E-state index in [1.165, 1.54) is 69.7 Å². The van der Waals surface area contributed by atoms with Gasteiger partial charge in [0.25, 0.3) is 5.97 Å². The number of allylic oxidation sites excluding steroid dienone is 1. The quantitative estimate of drug-likeness (QED) is 0.189. The number of hydrogen-bond donors (Lipinski definition) is 0. The number of rotatable bonds is 14. The van der Waals surface area contributed by atoms with Gasteiger partial charge < -0.3 is 4.74 Å². The highest BCUT2D eigenvalue weighted by atomic mass is 31.2. The van der Waals surface area contributed by atoms with E-state index in [0.29, 0.717) is 0 Å². The Morgan fingerprint density at radius 2 is 1.50 bits per heavy atom. The minimum absolute atomic E-state index is 0.121. The van der Waals surface area contributed by atoms with Crippen LogP contribution in [0.15, 0.2) is 36.4 Å². The van der Waals surface area contributed by atoms with Crippen LogP contribution in [-0.4, -0.2) is 38.6 Å². The van der Waals surface area contributed by atoms with Gasteiger partial charge in [0.05, 0.1) is 7.11 Å². The molecule has 0 aliphatic rings. The zero-order valence-electron chi connectivity index (χ0n) is 18.7. The molecular weight excluding hydrogens is 362 g/mol. The fourth-order valence-corrected chi connectivity index (χ4v) is 8.54. The van der Waals surface area contributed by atoms with Crippen molar-refractivity contribution in [2.45, 2.75) is 72.0 Å². The largest absolute Gasteiger partial charge is 0.471 e. The molecule has 2 nitrogen and oxygen atoms in total. The van der Waals surface area contributed by atoms with E-state index in [0.717, 1.165) is 5.57 Å². The molecule has 1 aromatic carbocycles. The fourth-order valence-electron chi connectivity index (χ4n) is 3.69. The highest BCUT2D eigenvalue weighted by Crippen LogP contribution is 2.61. The molecule has 1 unspecified atom stereocenters. The second-order valence-electron chi connectivity index (χ2n) is 7.86. The lowest BCUT2D eigenvalue weighted by molar-refractivity contribution is -0.139. The second kappa shape index (κ2) is 14.0. The molecular formula is C24H40BO2P. The number of methoxy groups -OCH3 is 1. The maximum absolute atomic E-state index is 12.7. The second-order valence-corrected chi connectivity index (χ2v) is 11.9. The summed E-state index contributed by atoms with van der Waals surface area (Å²) in [5, 5.41) is 0.